The number of nitrogens with two attached hydrogens (primary N) is 1. The average Bonchev–Trinajstić information content (AvgIpc) is 2.35. The number of benzene rings is 1. The number of carboxylic acid groups (broad SMARTS) is 1. The third-order valence-electron chi connectivity index (χ3n) is 2.52. The van der Waals surface area contributed by atoms with E-state index in [0.717, 1.165) is 5.56 Å². The molecule has 5 N–H and O–H groups in total. The van der Waals surface area contributed by atoms with E-state index in [1.807, 2.05) is 19.1 Å². The Morgan fingerprint density at radius 2 is 1.89 bits per heavy atom. The normalized spacial score (nSPS) is 13.7. The number of nitrogens with one attached hydrogen (secondary N) is 1. The molecule has 98 valence electrons. The third kappa shape index (κ3) is 3.54. The molecule has 0 saturated heterocycles. The first kappa shape index (κ1) is 14.1. The van der Waals surface area contributed by atoms with Crippen LogP contribution in [0.2, 0.25) is 0 Å². The van der Waals surface area contributed by atoms with E-state index in [1.165, 1.54) is 0 Å². The van der Waals surface area contributed by atoms with Gasteiger partial charge in [0.2, 0.25) is 5.91 Å². The lowest BCUT2D eigenvalue weighted by Crippen LogP contribution is -2.46. The molecule has 0 aromatic heterocycles. The molecule has 1 rings (SSSR count). The van der Waals surface area contributed by atoms with Crippen molar-refractivity contribution in [2.24, 2.45) is 5.73 Å². The first-order valence-corrected chi connectivity index (χ1v) is 5.42. The van der Waals surface area contributed by atoms with Crippen LogP contribution in [0.1, 0.15) is 17.2 Å². The number of aliphatic hydroxyl groups is 1. The summed E-state index contributed by atoms with van der Waals surface area (Å²) in [4.78, 5) is 22.3. The largest absolute Gasteiger partial charge is 0.480 e. The highest BCUT2D eigenvalue weighted by Gasteiger charge is 2.23. The Bertz CT molecular complexity index is 430. The van der Waals surface area contributed by atoms with Gasteiger partial charge in [0, 0.05) is 0 Å². The highest BCUT2D eigenvalue weighted by Crippen LogP contribution is 2.11. The van der Waals surface area contributed by atoms with Crippen molar-refractivity contribution in [2.45, 2.75) is 19.0 Å². The van der Waals surface area contributed by atoms with Gasteiger partial charge in [-0.3, -0.25) is 4.79 Å². The summed E-state index contributed by atoms with van der Waals surface area (Å²) in [6.45, 7) is 1.23. The predicted molar refractivity (Wildman–Crippen MR) is 64.8 cm³/mol. The standard InChI is InChI=1S/C12H16N2O4/c1-7-2-4-8(5-3-7)10(13)11(16)14-9(6-15)12(17)18/h2-5,9-10,15H,6,13H2,1H3,(H,14,16)(H,17,18)/t9-,10?/m1/s1. The van der Waals surface area contributed by atoms with E-state index in [9.17, 15) is 9.59 Å². The summed E-state index contributed by atoms with van der Waals surface area (Å²) in [5.41, 5.74) is 7.32. The van der Waals surface area contributed by atoms with Crippen molar-refractivity contribution < 1.29 is 19.8 Å². The summed E-state index contributed by atoms with van der Waals surface area (Å²) in [6, 6.07) is 4.72. The Balaban J connectivity index is 2.72. The second-order valence-corrected chi connectivity index (χ2v) is 3.97. The molecule has 1 aromatic rings. The lowest BCUT2D eigenvalue weighted by Gasteiger charge is -2.16. The summed E-state index contributed by atoms with van der Waals surface area (Å²) in [6.07, 6.45) is 0. The van der Waals surface area contributed by atoms with Gasteiger partial charge >= 0.3 is 5.97 Å². The summed E-state index contributed by atoms with van der Waals surface area (Å²) >= 11 is 0. The maximum absolute atomic E-state index is 11.7. The van der Waals surface area contributed by atoms with Gasteiger partial charge in [-0.1, -0.05) is 29.8 Å². The molecule has 0 aliphatic carbocycles. The molecule has 0 spiro atoms. The SMILES string of the molecule is Cc1ccc(C(N)C(=O)N[C@H](CO)C(=O)O)cc1. The number of hydrogen-bond donors (Lipinski definition) is 4. The molecule has 2 atom stereocenters. The highest BCUT2D eigenvalue weighted by molar-refractivity contribution is 5.87. The molecule has 6 nitrogen and oxygen atoms in total. The maximum atomic E-state index is 11.7. The Labute approximate surface area is 104 Å². The van der Waals surface area contributed by atoms with Gasteiger partial charge in [0.15, 0.2) is 0 Å². The number of hydrogen-bond acceptors (Lipinski definition) is 4. The molecule has 18 heavy (non-hydrogen) atoms. The van der Waals surface area contributed by atoms with Crippen LogP contribution in [0, 0.1) is 6.92 Å². The predicted octanol–water partition coefficient (Wildman–Crippen LogP) is -0.443. The Morgan fingerprint density at radius 3 is 2.33 bits per heavy atom. The zero-order chi connectivity index (χ0) is 13.7. The van der Waals surface area contributed by atoms with Crippen LogP contribution in [0.15, 0.2) is 24.3 Å². The molecule has 0 aliphatic rings. The molecule has 0 saturated carbocycles. The highest BCUT2D eigenvalue weighted by atomic mass is 16.4. The van der Waals surface area contributed by atoms with Gasteiger partial charge in [-0.25, -0.2) is 4.79 Å². The van der Waals surface area contributed by atoms with Gasteiger partial charge in [0.05, 0.1) is 6.61 Å². The second kappa shape index (κ2) is 6.13. The monoisotopic (exact) mass is 252 g/mol. The number of aliphatic carboxylic acids is 1. The van der Waals surface area contributed by atoms with Crippen molar-refractivity contribution in [2.75, 3.05) is 6.61 Å². The van der Waals surface area contributed by atoms with Crippen LogP contribution >= 0.6 is 0 Å². The molecule has 1 aromatic carbocycles. The van der Waals surface area contributed by atoms with Crippen LogP contribution in [-0.2, 0) is 9.59 Å². The van der Waals surface area contributed by atoms with Gasteiger partial charge in [-0.05, 0) is 12.5 Å². The molecule has 0 heterocycles. The van der Waals surface area contributed by atoms with Gasteiger partial charge < -0.3 is 21.3 Å². The fourth-order valence-electron chi connectivity index (χ4n) is 1.37. The van der Waals surface area contributed by atoms with E-state index in [4.69, 9.17) is 15.9 Å². The van der Waals surface area contributed by atoms with Crippen LogP contribution in [0.5, 0.6) is 0 Å². The van der Waals surface area contributed by atoms with Crippen LogP contribution in [0.4, 0.5) is 0 Å². The van der Waals surface area contributed by atoms with Crippen molar-refractivity contribution in [3.63, 3.8) is 0 Å². The van der Waals surface area contributed by atoms with Gasteiger partial charge in [-0.15, -0.1) is 0 Å². The summed E-state index contributed by atoms with van der Waals surface area (Å²) in [5.74, 6) is -1.94. The van der Waals surface area contributed by atoms with Crippen molar-refractivity contribution >= 4 is 11.9 Å². The topological polar surface area (TPSA) is 113 Å². The number of carbonyl (C=O) groups excluding carboxylic acids is 1. The van der Waals surface area contributed by atoms with Gasteiger partial charge in [0.25, 0.3) is 0 Å². The molecule has 0 aliphatic heterocycles. The quantitative estimate of drug-likeness (QED) is 0.567. The van der Waals surface area contributed by atoms with E-state index in [2.05, 4.69) is 5.32 Å². The minimum absolute atomic E-state index is 0.583. The van der Waals surface area contributed by atoms with E-state index in [1.54, 1.807) is 12.1 Å². The van der Waals surface area contributed by atoms with Crippen molar-refractivity contribution in [3.05, 3.63) is 35.4 Å². The smallest absolute Gasteiger partial charge is 0.328 e. The Morgan fingerprint density at radius 1 is 1.33 bits per heavy atom. The zero-order valence-electron chi connectivity index (χ0n) is 9.96. The van der Waals surface area contributed by atoms with E-state index in [-0.39, 0.29) is 0 Å². The zero-order valence-corrected chi connectivity index (χ0v) is 9.96. The fraction of sp³-hybridized carbons (Fsp3) is 0.333. The summed E-state index contributed by atoms with van der Waals surface area (Å²) < 4.78 is 0. The van der Waals surface area contributed by atoms with E-state index >= 15 is 0 Å². The third-order valence-corrected chi connectivity index (χ3v) is 2.52. The first-order valence-electron chi connectivity index (χ1n) is 5.42. The average molecular weight is 252 g/mol. The first-order chi connectivity index (χ1) is 8.45. The number of aryl methyl sites for hydroxylation is 1. The lowest BCUT2D eigenvalue weighted by atomic mass is 10.1. The minimum atomic E-state index is -1.34. The van der Waals surface area contributed by atoms with Crippen LogP contribution in [0.3, 0.4) is 0 Å². The molecule has 6 heteroatoms. The van der Waals surface area contributed by atoms with Crippen LogP contribution < -0.4 is 11.1 Å². The molecule has 1 amide bonds. The molecule has 0 radical (unpaired) electrons. The van der Waals surface area contributed by atoms with E-state index in [0.29, 0.717) is 5.56 Å². The van der Waals surface area contributed by atoms with Crippen LogP contribution in [-0.4, -0.2) is 34.7 Å². The molecule has 0 bridgehead atoms. The maximum Gasteiger partial charge on any atom is 0.328 e. The number of rotatable bonds is 5. The Kier molecular flexibility index (Phi) is 4.82. The van der Waals surface area contributed by atoms with Crippen molar-refractivity contribution in [1.29, 1.82) is 0 Å². The number of carboxylic acids is 1. The second-order valence-electron chi connectivity index (χ2n) is 3.97. The molecule has 0 fully saturated rings. The Hall–Kier alpha value is -1.92. The summed E-state index contributed by atoms with van der Waals surface area (Å²) in [7, 11) is 0. The minimum Gasteiger partial charge on any atom is -0.480 e. The van der Waals surface area contributed by atoms with Crippen molar-refractivity contribution in [1.82, 2.24) is 5.32 Å². The lowest BCUT2D eigenvalue weighted by molar-refractivity contribution is -0.143. The van der Waals surface area contributed by atoms with Crippen molar-refractivity contribution in [3.8, 4) is 0 Å². The fourth-order valence-corrected chi connectivity index (χ4v) is 1.37. The number of amides is 1. The number of aliphatic hydroxyl groups excluding tert-OH is 1. The number of carbonyl (C=O) groups is 2. The van der Waals surface area contributed by atoms with Gasteiger partial charge in [0.1, 0.15) is 12.1 Å². The molecular formula is C12H16N2O4. The molecule has 1 unspecified atom stereocenters. The van der Waals surface area contributed by atoms with Gasteiger partial charge in [-0.2, -0.15) is 0 Å². The molecular weight excluding hydrogens is 236 g/mol. The van der Waals surface area contributed by atoms with E-state index < -0.39 is 30.6 Å². The van der Waals surface area contributed by atoms with Crippen LogP contribution in [0.25, 0.3) is 0 Å². The summed E-state index contributed by atoms with van der Waals surface area (Å²) in [5, 5.41) is 19.7.